The quantitative estimate of drug-likeness (QED) is 0.290. The second-order valence-electron chi connectivity index (χ2n) is 6.02. The van der Waals surface area contributed by atoms with Crippen molar-refractivity contribution in [1.82, 2.24) is 15.2 Å². The van der Waals surface area contributed by atoms with Gasteiger partial charge in [0, 0.05) is 5.56 Å². The summed E-state index contributed by atoms with van der Waals surface area (Å²) in [6, 6.07) is 9.17. The van der Waals surface area contributed by atoms with E-state index in [0.29, 0.717) is 22.1 Å². The van der Waals surface area contributed by atoms with E-state index in [0.717, 1.165) is 25.8 Å². The molecule has 0 radical (unpaired) electrons. The summed E-state index contributed by atoms with van der Waals surface area (Å²) in [7, 11) is 3.11. The molecule has 0 aliphatic carbocycles. The summed E-state index contributed by atoms with van der Waals surface area (Å²) in [6.45, 7) is 1.96. The molecule has 0 spiro atoms. The second-order valence-corrected chi connectivity index (χ2v) is 9.14. The van der Waals surface area contributed by atoms with Crippen molar-refractivity contribution in [2.45, 2.75) is 11.9 Å². The number of thiophene rings is 1. The summed E-state index contributed by atoms with van der Waals surface area (Å²) in [4.78, 5) is 18.4. The first-order valence-electron chi connectivity index (χ1n) is 8.66. The van der Waals surface area contributed by atoms with Crippen LogP contribution in [0.25, 0.3) is 20.8 Å². The number of thiazole rings is 1. The Morgan fingerprint density at radius 2 is 1.97 bits per heavy atom. The van der Waals surface area contributed by atoms with Crippen molar-refractivity contribution >= 4 is 50.4 Å². The lowest BCUT2D eigenvalue weighted by Crippen LogP contribution is -2.04. The summed E-state index contributed by atoms with van der Waals surface area (Å²) in [5.41, 5.74) is 2.20. The maximum atomic E-state index is 12.7. The lowest BCUT2D eigenvalue weighted by atomic mass is 10.1. The van der Waals surface area contributed by atoms with Gasteiger partial charge in [-0.1, -0.05) is 17.8 Å². The molecule has 9 heteroatoms. The van der Waals surface area contributed by atoms with Crippen molar-refractivity contribution in [2.75, 3.05) is 20.0 Å². The molecule has 6 nitrogen and oxygen atoms in total. The third-order valence-corrected chi connectivity index (χ3v) is 7.00. The van der Waals surface area contributed by atoms with Crippen molar-refractivity contribution in [1.29, 1.82) is 0 Å². The van der Waals surface area contributed by atoms with Gasteiger partial charge < -0.3 is 9.47 Å². The van der Waals surface area contributed by atoms with Gasteiger partial charge in [-0.15, -0.1) is 32.9 Å². The van der Waals surface area contributed by atoms with Crippen LogP contribution >= 0.6 is 34.4 Å². The van der Waals surface area contributed by atoms with Crippen LogP contribution in [0.1, 0.15) is 15.4 Å². The minimum absolute atomic E-state index is 0.0276. The Bertz CT molecular complexity index is 1170. The zero-order chi connectivity index (χ0) is 20.4. The number of thioether (sulfide) groups is 1. The highest BCUT2D eigenvalue weighted by atomic mass is 32.2. The van der Waals surface area contributed by atoms with E-state index in [1.165, 1.54) is 11.8 Å². The van der Waals surface area contributed by atoms with E-state index >= 15 is 0 Å². The van der Waals surface area contributed by atoms with E-state index in [1.54, 1.807) is 55.1 Å². The van der Waals surface area contributed by atoms with Crippen molar-refractivity contribution in [3.63, 3.8) is 0 Å². The molecule has 0 atom stereocenters. The van der Waals surface area contributed by atoms with Crippen LogP contribution in [-0.2, 0) is 0 Å². The molecule has 0 aliphatic rings. The third-order valence-electron chi connectivity index (χ3n) is 4.19. The van der Waals surface area contributed by atoms with Crippen molar-refractivity contribution in [3.05, 3.63) is 46.3 Å². The first-order chi connectivity index (χ1) is 14.1. The number of benzene rings is 1. The maximum Gasteiger partial charge on any atom is 0.173 e. The van der Waals surface area contributed by atoms with Gasteiger partial charge in [-0.2, -0.15) is 0 Å². The topological polar surface area (TPSA) is 74.2 Å². The van der Waals surface area contributed by atoms with E-state index in [4.69, 9.17) is 9.47 Å². The molecule has 1 aromatic carbocycles. The van der Waals surface area contributed by atoms with E-state index in [-0.39, 0.29) is 11.5 Å². The fourth-order valence-electron chi connectivity index (χ4n) is 2.82. The van der Waals surface area contributed by atoms with Crippen LogP contribution in [0.15, 0.2) is 40.7 Å². The minimum Gasteiger partial charge on any atom is -0.493 e. The summed E-state index contributed by atoms with van der Waals surface area (Å²) >= 11 is 4.56. The molecule has 0 amide bonds. The Morgan fingerprint density at radius 3 is 2.69 bits per heavy atom. The predicted molar refractivity (Wildman–Crippen MR) is 118 cm³/mol. The predicted octanol–water partition coefficient (Wildman–Crippen LogP) is 5.12. The number of carbonyl (C=O) groups excluding carboxylic acids is 1. The molecule has 0 fully saturated rings. The fourth-order valence-corrected chi connectivity index (χ4v) is 5.40. The summed E-state index contributed by atoms with van der Waals surface area (Å²) in [5.74, 6) is 1.32. The lowest BCUT2D eigenvalue weighted by Gasteiger charge is -2.09. The summed E-state index contributed by atoms with van der Waals surface area (Å²) < 4.78 is 11.5. The van der Waals surface area contributed by atoms with E-state index in [1.807, 2.05) is 24.4 Å². The van der Waals surface area contributed by atoms with Crippen LogP contribution in [-0.4, -0.2) is 40.9 Å². The first-order valence-corrected chi connectivity index (χ1v) is 11.3. The van der Waals surface area contributed by atoms with Gasteiger partial charge in [-0.25, -0.2) is 4.98 Å². The van der Waals surface area contributed by atoms with Crippen molar-refractivity contribution in [3.8, 4) is 22.1 Å². The maximum absolute atomic E-state index is 12.7. The number of nitrogens with zero attached hydrogens (tertiary/aromatic N) is 3. The molecule has 0 N–H and O–H groups in total. The van der Waals surface area contributed by atoms with Gasteiger partial charge in [0.15, 0.2) is 17.3 Å². The van der Waals surface area contributed by atoms with Gasteiger partial charge >= 0.3 is 0 Å². The highest BCUT2D eigenvalue weighted by Crippen LogP contribution is 2.37. The normalized spacial score (nSPS) is 11.0. The molecular weight excluding hydrogens is 426 g/mol. The highest BCUT2D eigenvalue weighted by Gasteiger charge is 2.18. The molecule has 29 heavy (non-hydrogen) atoms. The Balaban J connectivity index is 1.59. The van der Waals surface area contributed by atoms with Gasteiger partial charge in [-0.05, 0) is 36.6 Å². The number of fused-ring (bicyclic) bond motifs is 1. The number of aromatic nitrogens is 3. The average Bonchev–Trinajstić information content (AvgIpc) is 3.40. The Hall–Kier alpha value is -2.49. The number of hydrogen-bond acceptors (Lipinski definition) is 9. The van der Waals surface area contributed by atoms with Crippen LogP contribution in [0, 0.1) is 6.92 Å². The Morgan fingerprint density at radius 1 is 1.14 bits per heavy atom. The number of aryl methyl sites for hydroxylation is 1. The highest BCUT2D eigenvalue weighted by molar-refractivity contribution is 8.00. The number of ketones is 1. The molecule has 0 bridgehead atoms. The molecule has 4 aromatic rings. The molecule has 3 heterocycles. The Labute approximate surface area is 179 Å². The number of methoxy groups -OCH3 is 2. The zero-order valence-electron chi connectivity index (χ0n) is 16.0. The molecule has 0 saturated heterocycles. The zero-order valence-corrected chi connectivity index (χ0v) is 18.4. The molecule has 3 aromatic heterocycles. The van der Waals surface area contributed by atoms with Gasteiger partial charge in [0.25, 0.3) is 0 Å². The first kappa shape index (κ1) is 19.8. The molecule has 4 rings (SSSR count). The second kappa shape index (κ2) is 8.48. The van der Waals surface area contributed by atoms with Crippen molar-refractivity contribution in [2.24, 2.45) is 0 Å². The van der Waals surface area contributed by atoms with Crippen LogP contribution in [0.4, 0.5) is 0 Å². The van der Waals surface area contributed by atoms with Crippen LogP contribution < -0.4 is 9.47 Å². The summed E-state index contributed by atoms with van der Waals surface area (Å²) in [6.07, 6.45) is 0. The largest absolute Gasteiger partial charge is 0.493 e. The molecule has 148 valence electrons. The number of ether oxygens (including phenoxy) is 2. The van der Waals surface area contributed by atoms with Gasteiger partial charge in [0.1, 0.15) is 16.2 Å². The Kier molecular flexibility index (Phi) is 5.79. The van der Waals surface area contributed by atoms with E-state index < -0.39 is 0 Å². The molecule has 0 saturated carbocycles. The van der Waals surface area contributed by atoms with Crippen LogP contribution in [0.3, 0.4) is 0 Å². The number of carbonyl (C=O) groups is 1. The third kappa shape index (κ3) is 3.98. The van der Waals surface area contributed by atoms with Crippen LogP contribution in [0.5, 0.6) is 11.5 Å². The number of Topliss-reactive ketones (excluding diaryl/α,β-unsaturated/α-hetero) is 1. The minimum atomic E-state index is -0.0276. The van der Waals surface area contributed by atoms with Gasteiger partial charge in [-0.3, -0.25) is 4.79 Å². The van der Waals surface area contributed by atoms with E-state index in [9.17, 15) is 4.79 Å². The molecular formula is C20H17N3O3S3. The van der Waals surface area contributed by atoms with E-state index in [2.05, 4.69) is 15.2 Å². The monoisotopic (exact) mass is 443 g/mol. The standard InChI is InChI=1S/C20H17N3O3S3/c1-11-21-18-19(29-11)17(16-5-4-8-27-16)22-23-20(18)28-10-13(24)12-6-7-14(25-2)15(9-12)26-3/h4-9H,10H2,1-3H3. The molecule has 0 unspecified atom stereocenters. The van der Waals surface area contributed by atoms with Gasteiger partial charge in [0.05, 0.1) is 34.6 Å². The van der Waals surface area contributed by atoms with Crippen molar-refractivity contribution < 1.29 is 14.3 Å². The number of rotatable bonds is 7. The SMILES string of the molecule is COc1ccc(C(=O)CSc2nnc(-c3cccs3)c3sc(C)nc23)cc1OC. The fraction of sp³-hybridized carbons (Fsp3) is 0.200. The number of hydrogen-bond donors (Lipinski definition) is 0. The molecule has 0 aliphatic heterocycles. The average molecular weight is 444 g/mol. The smallest absolute Gasteiger partial charge is 0.173 e. The lowest BCUT2D eigenvalue weighted by molar-refractivity contribution is 0.102. The summed E-state index contributed by atoms with van der Waals surface area (Å²) in [5, 5.41) is 12.4. The van der Waals surface area contributed by atoms with Gasteiger partial charge in [0.2, 0.25) is 0 Å². The van der Waals surface area contributed by atoms with Crippen LogP contribution in [0.2, 0.25) is 0 Å².